The Hall–Kier alpha value is -1.46. The lowest BCUT2D eigenvalue weighted by Gasteiger charge is -2.08. The van der Waals surface area contributed by atoms with E-state index in [-0.39, 0.29) is 17.0 Å². The molecule has 0 aliphatic heterocycles. The molecule has 0 amide bonds. The maximum absolute atomic E-state index is 13.0. The summed E-state index contributed by atoms with van der Waals surface area (Å²) in [6, 6.07) is 4.16. The first-order valence-corrected chi connectivity index (χ1v) is 6.57. The van der Waals surface area contributed by atoms with Crippen LogP contribution in [0.15, 0.2) is 22.7 Å². The number of benzene rings is 1. The molecule has 1 saturated carbocycles. The van der Waals surface area contributed by atoms with Gasteiger partial charge in [0.1, 0.15) is 5.82 Å². The minimum atomic E-state index is -0.393. The van der Waals surface area contributed by atoms with Crippen LogP contribution in [0, 0.1) is 5.82 Å². The van der Waals surface area contributed by atoms with Gasteiger partial charge in [-0.15, -0.1) is 0 Å². The van der Waals surface area contributed by atoms with Crippen LogP contribution in [0.5, 0.6) is 0 Å². The Bertz CT molecular complexity index is 601. The average molecular weight is 282 g/mol. The molecule has 0 radical (unpaired) electrons. The van der Waals surface area contributed by atoms with E-state index in [9.17, 15) is 4.39 Å². The maximum atomic E-state index is 13.0. The van der Waals surface area contributed by atoms with Crippen molar-refractivity contribution >= 4 is 11.6 Å². The van der Waals surface area contributed by atoms with Gasteiger partial charge < -0.3 is 10.3 Å². The summed E-state index contributed by atoms with van der Waals surface area (Å²) in [5, 5.41) is 4.17. The van der Waals surface area contributed by atoms with Crippen LogP contribution in [-0.2, 0) is 0 Å². The van der Waals surface area contributed by atoms with Crippen molar-refractivity contribution in [3.8, 4) is 11.4 Å². The van der Waals surface area contributed by atoms with Crippen LogP contribution in [0.1, 0.15) is 31.1 Å². The van der Waals surface area contributed by atoms with Crippen molar-refractivity contribution < 1.29 is 8.91 Å². The molecule has 100 valence electrons. The number of rotatable bonds is 2. The minimum Gasteiger partial charge on any atom is -0.339 e. The molecular formula is C13H13ClFN3O. The highest BCUT2D eigenvalue weighted by molar-refractivity contribution is 6.33. The first-order valence-electron chi connectivity index (χ1n) is 6.20. The highest BCUT2D eigenvalue weighted by atomic mass is 35.5. The molecule has 19 heavy (non-hydrogen) atoms. The van der Waals surface area contributed by atoms with E-state index < -0.39 is 5.82 Å². The molecule has 3 rings (SSSR count). The molecular weight excluding hydrogens is 269 g/mol. The number of hydrogen-bond acceptors (Lipinski definition) is 4. The van der Waals surface area contributed by atoms with Crippen LogP contribution >= 0.6 is 11.6 Å². The fourth-order valence-electron chi connectivity index (χ4n) is 2.46. The second-order valence-corrected chi connectivity index (χ2v) is 5.19. The van der Waals surface area contributed by atoms with Crippen molar-refractivity contribution in [2.45, 2.75) is 31.2 Å². The fourth-order valence-corrected chi connectivity index (χ4v) is 2.71. The van der Waals surface area contributed by atoms with E-state index in [1.54, 1.807) is 6.07 Å². The van der Waals surface area contributed by atoms with Gasteiger partial charge in [-0.3, -0.25) is 0 Å². The van der Waals surface area contributed by atoms with E-state index >= 15 is 0 Å². The van der Waals surface area contributed by atoms with Gasteiger partial charge in [0.2, 0.25) is 11.7 Å². The number of nitrogens with two attached hydrogens (primary N) is 1. The molecule has 2 N–H and O–H groups in total. The molecule has 2 atom stereocenters. The number of halogens is 2. The highest BCUT2D eigenvalue weighted by Crippen LogP contribution is 2.34. The van der Waals surface area contributed by atoms with Crippen LogP contribution in [0.3, 0.4) is 0 Å². The third kappa shape index (κ3) is 2.35. The number of hydrogen-bond donors (Lipinski definition) is 1. The highest BCUT2D eigenvalue weighted by Gasteiger charge is 2.30. The molecule has 1 aliphatic carbocycles. The van der Waals surface area contributed by atoms with Crippen molar-refractivity contribution in [1.82, 2.24) is 10.1 Å². The molecule has 6 heteroatoms. The Labute approximate surface area is 114 Å². The van der Waals surface area contributed by atoms with Crippen molar-refractivity contribution in [1.29, 1.82) is 0 Å². The molecule has 4 nitrogen and oxygen atoms in total. The van der Waals surface area contributed by atoms with Gasteiger partial charge in [0.05, 0.1) is 10.9 Å². The predicted octanol–water partition coefficient (Wildman–Crippen LogP) is 3.12. The Morgan fingerprint density at radius 3 is 2.89 bits per heavy atom. The third-order valence-corrected chi connectivity index (χ3v) is 3.81. The summed E-state index contributed by atoms with van der Waals surface area (Å²) in [6.45, 7) is 0. The van der Waals surface area contributed by atoms with Gasteiger partial charge in [-0.25, -0.2) is 4.39 Å². The van der Waals surface area contributed by atoms with Crippen LogP contribution < -0.4 is 5.73 Å². The summed E-state index contributed by atoms with van der Waals surface area (Å²) in [5.41, 5.74) is 6.57. The van der Waals surface area contributed by atoms with Crippen LogP contribution in [0.2, 0.25) is 5.02 Å². The minimum absolute atomic E-state index is 0.0667. The lowest BCUT2D eigenvalue weighted by molar-refractivity contribution is 0.345. The zero-order chi connectivity index (χ0) is 13.4. The van der Waals surface area contributed by atoms with Gasteiger partial charge in [0.15, 0.2) is 0 Å². The molecule has 1 aromatic carbocycles. The van der Waals surface area contributed by atoms with Crippen molar-refractivity contribution in [3.63, 3.8) is 0 Å². The summed E-state index contributed by atoms with van der Waals surface area (Å²) < 4.78 is 18.3. The normalized spacial score (nSPS) is 22.9. The summed E-state index contributed by atoms with van der Waals surface area (Å²) in [5.74, 6) is 0.634. The fraction of sp³-hybridized carbons (Fsp3) is 0.385. The van der Waals surface area contributed by atoms with Crippen LogP contribution in [0.25, 0.3) is 11.4 Å². The van der Waals surface area contributed by atoms with Crippen molar-refractivity contribution in [2.75, 3.05) is 0 Å². The summed E-state index contributed by atoms with van der Waals surface area (Å²) in [4.78, 5) is 4.34. The molecule has 0 saturated heterocycles. The molecule has 1 aliphatic rings. The first-order chi connectivity index (χ1) is 9.15. The lowest BCUT2D eigenvalue weighted by Crippen LogP contribution is -2.22. The van der Waals surface area contributed by atoms with Crippen LogP contribution in [-0.4, -0.2) is 16.2 Å². The third-order valence-electron chi connectivity index (χ3n) is 3.50. The number of nitrogens with zero attached hydrogens (tertiary/aromatic N) is 2. The van der Waals surface area contributed by atoms with E-state index in [0.717, 1.165) is 19.3 Å². The van der Waals surface area contributed by atoms with Gasteiger partial charge in [-0.05, 0) is 31.0 Å². The maximum Gasteiger partial charge on any atom is 0.231 e. The summed E-state index contributed by atoms with van der Waals surface area (Å²) in [6.07, 6.45) is 3.00. The Morgan fingerprint density at radius 1 is 1.37 bits per heavy atom. The van der Waals surface area contributed by atoms with Crippen LogP contribution in [0.4, 0.5) is 4.39 Å². The largest absolute Gasteiger partial charge is 0.339 e. The SMILES string of the molecule is NC1CCCC1c1nc(-c2ccc(F)cc2Cl)no1. The Kier molecular flexibility index (Phi) is 3.24. The Morgan fingerprint density at radius 2 is 2.21 bits per heavy atom. The molecule has 0 bridgehead atoms. The van der Waals surface area contributed by atoms with Crippen molar-refractivity contribution in [3.05, 3.63) is 34.9 Å². The van der Waals surface area contributed by atoms with Gasteiger partial charge in [-0.1, -0.05) is 23.2 Å². The topological polar surface area (TPSA) is 64.9 Å². The zero-order valence-electron chi connectivity index (χ0n) is 10.1. The number of aromatic nitrogens is 2. The van der Waals surface area contributed by atoms with E-state index in [1.807, 2.05) is 0 Å². The van der Waals surface area contributed by atoms with Crippen molar-refractivity contribution in [2.24, 2.45) is 5.73 Å². The Balaban J connectivity index is 1.92. The molecule has 0 spiro atoms. The van der Waals surface area contributed by atoms with E-state index in [2.05, 4.69) is 10.1 Å². The van der Waals surface area contributed by atoms with Gasteiger partial charge in [-0.2, -0.15) is 4.98 Å². The monoisotopic (exact) mass is 281 g/mol. The molecule has 1 heterocycles. The van der Waals surface area contributed by atoms with E-state index in [0.29, 0.717) is 17.3 Å². The predicted molar refractivity (Wildman–Crippen MR) is 69.3 cm³/mol. The lowest BCUT2D eigenvalue weighted by atomic mass is 10.1. The zero-order valence-corrected chi connectivity index (χ0v) is 10.9. The molecule has 2 unspecified atom stereocenters. The smallest absolute Gasteiger partial charge is 0.231 e. The van der Waals surface area contributed by atoms with Gasteiger partial charge >= 0.3 is 0 Å². The van der Waals surface area contributed by atoms with E-state index in [4.69, 9.17) is 21.9 Å². The van der Waals surface area contributed by atoms with Gasteiger partial charge in [0, 0.05) is 11.6 Å². The second kappa shape index (κ2) is 4.90. The molecule has 1 fully saturated rings. The molecule has 2 aromatic rings. The van der Waals surface area contributed by atoms with E-state index in [1.165, 1.54) is 12.1 Å². The standard InChI is InChI=1S/C13H13ClFN3O/c14-10-6-7(15)4-5-8(10)12-17-13(19-18-12)9-2-1-3-11(9)16/h4-6,9,11H,1-3,16H2. The van der Waals surface area contributed by atoms with Gasteiger partial charge in [0.25, 0.3) is 0 Å². The first kappa shape index (κ1) is 12.6. The summed E-state index contributed by atoms with van der Waals surface area (Å²) >= 11 is 5.98. The second-order valence-electron chi connectivity index (χ2n) is 4.78. The average Bonchev–Trinajstić information content (AvgIpc) is 2.97. The quantitative estimate of drug-likeness (QED) is 0.918. The molecule has 1 aromatic heterocycles. The summed E-state index contributed by atoms with van der Waals surface area (Å²) in [7, 11) is 0.